The van der Waals surface area contributed by atoms with Gasteiger partial charge in [-0.15, -0.1) is 0 Å². The summed E-state index contributed by atoms with van der Waals surface area (Å²) in [4.78, 5) is 17.2. The normalized spacial score (nSPS) is 26.8. The number of hydrogen-bond donors (Lipinski definition) is 1. The van der Waals surface area contributed by atoms with Gasteiger partial charge in [-0.2, -0.15) is 0 Å². The second kappa shape index (κ2) is 8.14. The van der Waals surface area contributed by atoms with Gasteiger partial charge in [0.15, 0.2) is 0 Å². The maximum Gasteiger partial charge on any atom is 0.226 e. The summed E-state index contributed by atoms with van der Waals surface area (Å²) in [6.07, 6.45) is 5.15. The van der Waals surface area contributed by atoms with E-state index in [1.165, 1.54) is 45.3 Å². The van der Waals surface area contributed by atoms with Crippen LogP contribution in [0.5, 0.6) is 0 Å². The van der Waals surface area contributed by atoms with E-state index in [9.17, 15) is 4.79 Å². The average molecular weight is 295 g/mol. The van der Waals surface area contributed by atoms with Crippen LogP contribution in [0.2, 0.25) is 0 Å². The standard InChI is InChI=1S/C17H33N3O/c1-14-6-9-19(10-7-14)12-16-5-4-8-20(13-16)17(21)15(2)11-18-3/h14-16,18H,4-13H2,1-3H3. The summed E-state index contributed by atoms with van der Waals surface area (Å²) in [5.74, 6) is 2.01. The fourth-order valence-electron chi connectivity index (χ4n) is 3.73. The highest BCUT2D eigenvalue weighted by Gasteiger charge is 2.28. The van der Waals surface area contributed by atoms with E-state index < -0.39 is 0 Å². The van der Waals surface area contributed by atoms with Gasteiger partial charge in [-0.3, -0.25) is 4.79 Å². The maximum absolute atomic E-state index is 12.4. The minimum atomic E-state index is 0.101. The SMILES string of the molecule is CNCC(C)C(=O)N1CCCC(CN2CCC(C)CC2)C1. The summed E-state index contributed by atoms with van der Waals surface area (Å²) < 4.78 is 0. The Balaban J connectivity index is 1.79. The zero-order valence-corrected chi connectivity index (χ0v) is 14.1. The van der Waals surface area contributed by atoms with E-state index in [1.807, 2.05) is 14.0 Å². The highest BCUT2D eigenvalue weighted by atomic mass is 16.2. The van der Waals surface area contributed by atoms with Crippen LogP contribution in [-0.4, -0.2) is 62.0 Å². The van der Waals surface area contributed by atoms with E-state index in [-0.39, 0.29) is 5.92 Å². The molecule has 2 rings (SSSR count). The first kappa shape index (κ1) is 16.8. The molecule has 0 aromatic carbocycles. The van der Waals surface area contributed by atoms with Crippen molar-refractivity contribution in [3.05, 3.63) is 0 Å². The van der Waals surface area contributed by atoms with Crippen LogP contribution >= 0.6 is 0 Å². The number of nitrogens with zero attached hydrogens (tertiary/aromatic N) is 2. The Morgan fingerprint density at radius 3 is 2.62 bits per heavy atom. The van der Waals surface area contributed by atoms with Gasteiger partial charge in [0, 0.05) is 32.1 Å². The van der Waals surface area contributed by atoms with Gasteiger partial charge in [0.1, 0.15) is 0 Å². The summed E-state index contributed by atoms with van der Waals surface area (Å²) >= 11 is 0. The number of amides is 1. The number of hydrogen-bond acceptors (Lipinski definition) is 3. The lowest BCUT2D eigenvalue weighted by Gasteiger charge is -2.38. The molecule has 0 spiro atoms. The zero-order valence-electron chi connectivity index (χ0n) is 14.1. The monoisotopic (exact) mass is 295 g/mol. The molecule has 0 aromatic rings. The van der Waals surface area contributed by atoms with Crippen molar-refractivity contribution in [1.29, 1.82) is 0 Å². The predicted octanol–water partition coefficient (Wildman–Crippen LogP) is 1.81. The van der Waals surface area contributed by atoms with E-state index >= 15 is 0 Å². The number of carbonyl (C=O) groups is 1. The topological polar surface area (TPSA) is 35.6 Å². The minimum absolute atomic E-state index is 0.101. The molecule has 2 unspecified atom stereocenters. The number of likely N-dealkylation sites (tertiary alicyclic amines) is 2. The molecule has 0 bridgehead atoms. The van der Waals surface area contributed by atoms with E-state index in [1.54, 1.807) is 0 Å². The molecule has 1 N–H and O–H groups in total. The number of piperidine rings is 2. The fraction of sp³-hybridized carbons (Fsp3) is 0.941. The summed E-state index contributed by atoms with van der Waals surface area (Å²) in [6.45, 7) is 10.8. The Hall–Kier alpha value is -0.610. The van der Waals surface area contributed by atoms with E-state index in [4.69, 9.17) is 0 Å². The Labute approximate surface area is 130 Å². The van der Waals surface area contributed by atoms with Crippen molar-refractivity contribution in [2.45, 2.75) is 39.5 Å². The molecule has 2 aliphatic heterocycles. The second-order valence-electron chi connectivity index (χ2n) is 7.23. The molecule has 0 aromatic heterocycles. The lowest BCUT2D eigenvalue weighted by molar-refractivity contribution is -0.136. The number of rotatable bonds is 5. The molecule has 2 saturated heterocycles. The second-order valence-corrected chi connectivity index (χ2v) is 7.23. The first-order valence-corrected chi connectivity index (χ1v) is 8.76. The Kier molecular flexibility index (Phi) is 6.49. The summed E-state index contributed by atoms with van der Waals surface area (Å²) in [6, 6.07) is 0. The largest absolute Gasteiger partial charge is 0.342 e. The van der Waals surface area contributed by atoms with Crippen molar-refractivity contribution in [2.75, 3.05) is 46.3 Å². The lowest BCUT2D eigenvalue weighted by atomic mass is 9.93. The van der Waals surface area contributed by atoms with Gasteiger partial charge in [0.25, 0.3) is 0 Å². The molecule has 4 nitrogen and oxygen atoms in total. The van der Waals surface area contributed by atoms with Crippen molar-refractivity contribution in [3.8, 4) is 0 Å². The first-order valence-electron chi connectivity index (χ1n) is 8.76. The third kappa shape index (κ3) is 4.96. The van der Waals surface area contributed by atoms with Crippen molar-refractivity contribution in [2.24, 2.45) is 17.8 Å². The van der Waals surface area contributed by atoms with Gasteiger partial charge in [-0.05, 0) is 57.7 Å². The molecule has 0 radical (unpaired) electrons. The fourth-order valence-corrected chi connectivity index (χ4v) is 3.73. The van der Waals surface area contributed by atoms with Gasteiger partial charge in [-0.1, -0.05) is 13.8 Å². The van der Waals surface area contributed by atoms with E-state index in [2.05, 4.69) is 22.0 Å². The molecular weight excluding hydrogens is 262 g/mol. The molecule has 4 heteroatoms. The number of carbonyl (C=O) groups excluding carboxylic acids is 1. The lowest BCUT2D eigenvalue weighted by Crippen LogP contribution is -2.47. The third-order valence-corrected chi connectivity index (χ3v) is 5.16. The van der Waals surface area contributed by atoms with Crippen LogP contribution in [0, 0.1) is 17.8 Å². The van der Waals surface area contributed by atoms with Crippen LogP contribution in [0.1, 0.15) is 39.5 Å². The molecule has 0 saturated carbocycles. The Morgan fingerprint density at radius 2 is 1.95 bits per heavy atom. The van der Waals surface area contributed by atoms with Crippen LogP contribution in [0.15, 0.2) is 0 Å². The Morgan fingerprint density at radius 1 is 1.24 bits per heavy atom. The molecule has 2 heterocycles. The molecule has 21 heavy (non-hydrogen) atoms. The van der Waals surface area contributed by atoms with Crippen LogP contribution < -0.4 is 5.32 Å². The maximum atomic E-state index is 12.4. The van der Waals surface area contributed by atoms with Gasteiger partial charge in [0.2, 0.25) is 5.91 Å². The molecule has 0 aliphatic carbocycles. The summed E-state index contributed by atoms with van der Waals surface area (Å²) in [7, 11) is 1.92. The van der Waals surface area contributed by atoms with E-state index in [0.29, 0.717) is 11.8 Å². The minimum Gasteiger partial charge on any atom is -0.342 e. The van der Waals surface area contributed by atoms with Crippen molar-refractivity contribution in [1.82, 2.24) is 15.1 Å². The molecule has 122 valence electrons. The smallest absolute Gasteiger partial charge is 0.226 e. The van der Waals surface area contributed by atoms with Gasteiger partial charge in [-0.25, -0.2) is 0 Å². The predicted molar refractivity (Wildman–Crippen MR) is 87.2 cm³/mol. The average Bonchev–Trinajstić information content (AvgIpc) is 2.49. The quantitative estimate of drug-likeness (QED) is 0.840. The van der Waals surface area contributed by atoms with Crippen molar-refractivity contribution in [3.63, 3.8) is 0 Å². The molecule has 2 atom stereocenters. The summed E-state index contributed by atoms with van der Waals surface area (Å²) in [5, 5.41) is 3.11. The van der Waals surface area contributed by atoms with Crippen molar-refractivity contribution < 1.29 is 4.79 Å². The Bertz CT molecular complexity index is 326. The zero-order chi connectivity index (χ0) is 15.2. The first-order chi connectivity index (χ1) is 10.1. The molecular formula is C17H33N3O. The van der Waals surface area contributed by atoms with Gasteiger partial charge >= 0.3 is 0 Å². The molecule has 1 amide bonds. The van der Waals surface area contributed by atoms with Crippen LogP contribution in [0.25, 0.3) is 0 Å². The highest BCUT2D eigenvalue weighted by molar-refractivity contribution is 5.78. The van der Waals surface area contributed by atoms with E-state index in [0.717, 1.165) is 25.6 Å². The van der Waals surface area contributed by atoms with Gasteiger partial charge in [0.05, 0.1) is 0 Å². The van der Waals surface area contributed by atoms with Crippen LogP contribution in [0.3, 0.4) is 0 Å². The third-order valence-electron chi connectivity index (χ3n) is 5.16. The number of nitrogens with one attached hydrogen (secondary N) is 1. The molecule has 2 aliphatic rings. The molecule has 2 fully saturated rings. The summed E-state index contributed by atoms with van der Waals surface area (Å²) in [5.41, 5.74) is 0. The highest BCUT2D eigenvalue weighted by Crippen LogP contribution is 2.22. The van der Waals surface area contributed by atoms with Crippen molar-refractivity contribution >= 4 is 5.91 Å². The van der Waals surface area contributed by atoms with Crippen LogP contribution in [-0.2, 0) is 4.79 Å². The van der Waals surface area contributed by atoms with Crippen LogP contribution in [0.4, 0.5) is 0 Å². The van der Waals surface area contributed by atoms with Gasteiger partial charge < -0.3 is 15.1 Å².